The average Bonchev–Trinajstić information content (AvgIpc) is 3.32. The second-order valence-corrected chi connectivity index (χ2v) is 8.06. The van der Waals surface area contributed by atoms with Crippen molar-refractivity contribution >= 4 is 51.8 Å². The van der Waals surface area contributed by atoms with Crippen LogP contribution in [0, 0.1) is 0 Å². The predicted octanol–water partition coefficient (Wildman–Crippen LogP) is 4.55. The third kappa shape index (κ3) is 4.39. The molecular formula is C18H15Cl2NO3S2. The van der Waals surface area contributed by atoms with Crippen LogP contribution >= 0.6 is 45.9 Å². The second-order valence-electron chi connectivity index (χ2n) is 5.49. The Morgan fingerprint density at radius 3 is 2.73 bits per heavy atom. The number of hydrogen-bond donors (Lipinski definition) is 2. The lowest BCUT2D eigenvalue weighted by Crippen LogP contribution is -2.42. The Bertz CT molecular complexity index is 832. The van der Waals surface area contributed by atoms with Gasteiger partial charge in [-0.25, -0.2) is 0 Å². The van der Waals surface area contributed by atoms with Gasteiger partial charge in [-0.2, -0.15) is 11.3 Å². The summed E-state index contributed by atoms with van der Waals surface area (Å²) in [4.78, 5) is 12.9. The molecule has 3 rings (SSSR count). The van der Waals surface area contributed by atoms with Gasteiger partial charge in [0.25, 0.3) is 5.91 Å². The van der Waals surface area contributed by atoms with Gasteiger partial charge >= 0.3 is 0 Å². The van der Waals surface area contributed by atoms with Crippen molar-refractivity contribution in [2.45, 2.75) is 5.60 Å². The van der Waals surface area contributed by atoms with Gasteiger partial charge in [-0.15, -0.1) is 11.3 Å². The summed E-state index contributed by atoms with van der Waals surface area (Å²) in [5.41, 5.74) is -0.534. The fourth-order valence-corrected chi connectivity index (χ4v) is 4.39. The number of thiophene rings is 2. The van der Waals surface area contributed by atoms with Crippen LogP contribution in [0.5, 0.6) is 5.75 Å². The Labute approximate surface area is 169 Å². The number of amides is 1. The molecule has 3 aromatic rings. The number of halogens is 2. The highest BCUT2D eigenvalue weighted by molar-refractivity contribution is 7.10. The zero-order valence-electron chi connectivity index (χ0n) is 13.4. The molecule has 0 aliphatic carbocycles. The summed E-state index contributed by atoms with van der Waals surface area (Å²) in [6.45, 7) is -0.174. The highest BCUT2D eigenvalue weighted by Crippen LogP contribution is 2.33. The molecule has 136 valence electrons. The Kier molecular flexibility index (Phi) is 6.21. The van der Waals surface area contributed by atoms with E-state index in [-0.39, 0.29) is 19.1 Å². The van der Waals surface area contributed by atoms with E-state index >= 15 is 0 Å². The maximum Gasteiger partial charge on any atom is 0.258 e. The van der Waals surface area contributed by atoms with E-state index in [1.54, 1.807) is 18.2 Å². The summed E-state index contributed by atoms with van der Waals surface area (Å²) in [6.07, 6.45) is 0. The minimum absolute atomic E-state index is 0.0425. The number of carbonyl (C=O) groups is 1. The minimum atomic E-state index is -1.28. The van der Waals surface area contributed by atoms with Gasteiger partial charge in [-0.05, 0) is 46.5 Å². The molecule has 8 heteroatoms. The van der Waals surface area contributed by atoms with Crippen LogP contribution in [0.25, 0.3) is 0 Å². The fourth-order valence-electron chi connectivity index (χ4n) is 2.36. The van der Waals surface area contributed by atoms with E-state index in [9.17, 15) is 9.90 Å². The van der Waals surface area contributed by atoms with Crippen molar-refractivity contribution in [3.8, 4) is 5.75 Å². The number of aliphatic hydroxyl groups is 1. The molecule has 2 aromatic heterocycles. The molecule has 2 N–H and O–H groups in total. The number of nitrogens with one attached hydrogen (secondary N) is 1. The molecule has 0 unspecified atom stereocenters. The van der Waals surface area contributed by atoms with Crippen LogP contribution in [0.1, 0.15) is 10.4 Å². The third-order valence-corrected chi connectivity index (χ3v) is 5.96. The van der Waals surface area contributed by atoms with Crippen LogP contribution in [-0.4, -0.2) is 24.2 Å². The average molecular weight is 428 g/mol. The standard InChI is InChI=1S/C18H15Cl2NO3S2/c19-13-3-4-15(14(20)8-13)24-9-17(22)21-11-18(23,12-5-7-25-10-12)16-2-1-6-26-16/h1-8,10,23H,9,11H2,(H,21,22)/t18-/m1/s1. The van der Waals surface area contributed by atoms with E-state index in [1.807, 2.05) is 34.3 Å². The molecule has 4 nitrogen and oxygen atoms in total. The van der Waals surface area contributed by atoms with Crippen LogP contribution < -0.4 is 10.1 Å². The molecule has 0 aliphatic heterocycles. The molecule has 0 aliphatic rings. The molecule has 26 heavy (non-hydrogen) atoms. The monoisotopic (exact) mass is 427 g/mol. The van der Waals surface area contributed by atoms with Crippen LogP contribution in [0.2, 0.25) is 10.0 Å². The SMILES string of the molecule is O=C(COc1ccc(Cl)cc1Cl)NC[C@@](O)(c1ccsc1)c1cccs1. The van der Waals surface area contributed by atoms with E-state index < -0.39 is 5.60 Å². The summed E-state index contributed by atoms with van der Waals surface area (Å²) in [5.74, 6) is 0.0128. The van der Waals surface area contributed by atoms with Gasteiger partial charge in [0.1, 0.15) is 11.4 Å². The number of carbonyl (C=O) groups excluding carboxylic acids is 1. The number of ether oxygens (including phenoxy) is 1. The summed E-state index contributed by atoms with van der Waals surface area (Å²) in [5, 5.41) is 20.4. The lowest BCUT2D eigenvalue weighted by molar-refractivity contribution is -0.124. The molecule has 2 heterocycles. The van der Waals surface area contributed by atoms with Crippen molar-refractivity contribution in [1.82, 2.24) is 5.32 Å². The van der Waals surface area contributed by atoms with Crippen molar-refractivity contribution in [3.05, 3.63) is 73.0 Å². The Morgan fingerprint density at radius 2 is 2.08 bits per heavy atom. The summed E-state index contributed by atoms with van der Waals surface area (Å²) < 4.78 is 5.42. The lowest BCUT2D eigenvalue weighted by Gasteiger charge is -2.27. The quantitative estimate of drug-likeness (QED) is 0.581. The van der Waals surface area contributed by atoms with Crippen LogP contribution in [-0.2, 0) is 10.4 Å². The Hall–Kier alpha value is -1.57. The molecule has 0 saturated carbocycles. The van der Waals surface area contributed by atoms with Gasteiger partial charge < -0.3 is 15.2 Å². The first kappa shape index (κ1) is 19.2. The van der Waals surface area contributed by atoms with Gasteiger partial charge in [-0.3, -0.25) is 4.79 Å². The molecule has 0 fully saturated rings. The maximum atomic E-state index is 12.2. The van der Waals surface area contributed by atoms with E-state index in [0.717, 1.165) is 10.4 Å². The van der Waals surface area contributed by atoms with Crippen molar-refractivity contribution in [2.24, 2.45) is 0 Å². The largest absolute Gasteiger partial charge is 0.482 e. The van der Waals surface area contributed by atoms with E-state index in [2.05, 4.69) is 5.32 Å². The highest BCUT2D eigenvalue weighted by atomic mass is 35.5. The van der Waals surface area contributed by atoms with Crippen LogP contribution in [0.4, 0.5) is 0 Å². The molecule has 1 atom stereocenters. The van der Waals surface area contributed by atoms with Crippen LogP contribution in [0.15, 0.2) is 52.5 Å². The summed E-state index contributed by atoms with van der Waals surface area (Å²) >= 11 is 14.8. The number of hydrogen-bond acceptors (Lipinski definition) is 5. The first-order chi connectivity index (χ1) is 12.5. The zero-order valence-corrected chi connectivity index (χ0v) is 16.6. The van der Waals surface area contributed by atoms with E-state index in [0.29, 0.717) is 15.8 Å². The van der Waals surface area contributed by atoms with E-state index in [4.69, 9.17) is 27.9 Å². The first-order valence-corrected chi connectivity index (χ1v) is 10.2. The van der Waals surface area contributed by atoms with Gasteiger partial charge in [0, 0.05) is 15.5 Å². The Morgan fingerprint density at radius 1 is 1.23 bits per heavy atom. The van der Waals surface area contributed by atoms with Crippen LogP contribution in [0.3, 0.4) is 0 Å². The fraction of sp³-hybridized carbons (Fsp3) is 0.167. The number of benzene rings is 1. The zero-order chi connectivity index (χ0) is 18.6. The summed E-state index contributed by atoms with van der Waals surface area (Å²) in [6, 6.07) is 10.3. The van der Waals surface area contributed by atoms with Crippen molar-refractivity contribution < 1.29 is 14.6 Å². The van der Waals surface area contributed by atoms with E-state index in [1.165, 1.54) is 22.7 Å². The maximum absolute atomic E-state index is 12.2. The lowest BCUT2D eigenvalue weighted by atomic mass is 9.94. The molecule has 0 bridgehead atoms. The van der Waals surface area contributed by atoms with Crippen molar-refractivity contribution in [1.29, 1.82) is 0 Å². The first-order valence-electron chi connectivity index (χ1n) is 7.62. The van der Waals surface area contributed by atoms with Gasteiger partial charge in [0.15, 0.2) is 6.61 Å². The van der Waals surface area contributed by atoms with Crippen molar-refractivity contribution in [2.75, 3.05) is 13.2 Å². The molecule has 1 aromatic carbocycles. The molecule has 0 spiro atoms. The normalized spacial score (nSPS) is 13.2. The topological polar surface area (TPSA) is 58.6 Å². The predicted molar refractivity (Wildman–Crippen MR) is 107 cm³/mol. The molecule has 1 amide bonds. The number of rotatable bonds is 7. The molecule has 0 saturated heterocycles. The minimum Gasteiger partial charge on any atom is -0.482 e. The third-order valence-electron chi connectivity index (χ3n) is 3.72. The van der Waals surface area contributed by atoms with Gasteiger partial charge in [0.2, 0.25) is 0 Å². The Balaban J connectivity index is 1.63. The highest BCUT2D eigenvalue weighted by Gasteiger charge is 2.33. The summed E-state index contributed by atoms with van der Waals surface area (Å²) in [7, 11) is 0. The molecule has 0 radical (unpaired) electrons. The smallest absolute Gasteiger partial charge is 0.258 e. The molecular weight excluding hydrogens is 413 g/mol. The second kappa shape index (κ2) is 8.41. The van der Waals surface area contributed by atoms with Gasteiger partial charge in [-0.1, -0.05) is 29.3 Å². The van der Waals surface area contributed by atoms with Crippen molar-refractivity contribution in [3.63, 3.8) is 0 Å². The van der Waals surface area contributed by atoms with Gasteiger partial charge in [0.05, 0.1) is 11.6 Å².